The second-order valence-corrected chi connectivity index (χ2v) is 4.95. The van der Waals surface area contributed by atoms with E-state index < -0.39 is 0 Å². The zero-order chi connectivity index (χ0) is 13.2. The molecule has 3 nitrogen and oxygen atoms in total. The van der Waals surface area contributed by atoms with Crippen LogP contribution in [0, 0.1) is 0 Å². The number of hydrogen-bond donors (Lipinski definition) is 1. The van der Waals surface area contributed by atoms with Crippen molar-refractivity contribution in [3.05, 3.63) is 24.3 Å². The first kappa shape index (κ1) is 15.2. The van der Waals surface area contributed by atoms with E-state index in [9.17, 15) is 0 Å². The smallest absolute Gasteiger partial charge is 0.119 e. The summed E-state index contributed by atoms with van der Waals surface area (Å²) in [7, 11) is 1.66. The molecule has 0 saturated heterocycles. The minimum atomic E-state index is 0.583. The predicted molar refractivity (Wildman–Crippen MR) is 79.0 cm³/mol. The van der Waals surface area contributed by atoms with E-state index >= 15 is 0 Å². The van der Waals surface area contributed by atoms with Crippen LogP contribution in [0.25, 0.3) is 0 Å². The minimum absolute atomic E-state index is 0.583. The van der Waals surface area contributed by atoms with Gasteiger partial charge in [-0.15, -0.1) is 0 Å². The van der Waals surface area contributed by atoms with Crippen molar-refractivity contribution in [3.63, 3.8) is 0 Å². The molecule has 0 spiro atoms. The Balaban J connectivity index is 2.20. The number of benzene rings is 1. The van der Waals surface area contributed by atoms with Gasteiger partial charge in [-0.25, -0.2) is 0 Å². The fourth-order valence-electron chi connectivity index (χ4n) is 1.63. The molecule has 0 aliphatic carbocycles. The lowest BCUT2D eigenvalue weighted by atomic mass is 10.2. The fraction of sp³-hybridized carbons (Fsp3) is 0.571. The molecule has 4 heteroatoms. The first-order valence-corrected chi connectivity index (χ1v) is 7.68. The summed E-state index contributed by atoms with van der Waals surface area (Å²) in [6.45, 7) is 3.78. The van der Waals surface area contributed by atoms with E-state index in [0.717, 1.165) is 30.2 Å². The van der Waals surface area contributed by atoms with Crippen molar-refractivity contribution < 1.29 is 9.47 Å². The van der Waals surface area contributed by atoms with Gasteiger partial charge in [0.25, 0.3) is 0 Å². The van der Waals surface area contributed by atoms with Crippen molar-refractivity contribution in [2.75, 3.05) is 32.3 Å². The number of hydrogen-bond acceptors (Lipinski definition) is 4. The third-order valence-electron chi connectivity index (χ3n) is 2.72. The van der Waals surface area contributed by atoms with Crippen LogP contribution in [0.3, 0.4) is 0 Å². The molecule has 0 bridgehead atoms. The van der Waals surface area contributed by atoms with Crippen LogP contribution >= 0.6 is 11.8 Å². The molecule has 0 aliphatic rings. The summed E-state index contributed by atoms with van der Waals surface area (Å²) in [6.07, 6.45) is 3.29. The SMILES string of the molecule is CCC(CSC)NCCOc1ccc(OC)cc1. The minimum Gasteiger partial charge on any atom is -0.497 e. The monoisotopic (exact) mass is 269 g/mol. The second kappa shape index (κ2) is 9.11. The molecular formula is C14H23NO2S. The zero-order valence-electron chi connectivity index (χ0n) is 11.4. The lowest BCUT2D eigenvalue weighted by molar-refractivity contribution is 0.306. The molecule has 1 aromatic carbocycles. The Labute approximate surface area is 114 Å². The van der Waals surface area contributed by atoms with Crippen molar-refractivity contribution in [1.82, 2.24) is 5.32 Å². The van der Waals surface area contributed by atoms with Crippen LogP contribution in [-0.4, -0.2) is 38.3 Å². The quantitative estimate of drug-likeness (QED) is 0.698. The summed E-state index contributed by atoms with van der Waals surface area (Å²) < 4.78 is 10.8. The Morgan fingerprint density at radius 3 is 2.44 bits per heavy atom. The van der Waals surface area contributed by atoms with Gasteiger partial charge in [-0.2, -0.15) is 11.8 Å². The number of thioether (sulfide) groups is 1. The van der Waals surface area contributed by atoms with Crippen LogP contribution in [0.2, 0.25) is 0 Å². The molecule has 1 rings (SSSR count). The predicted octanol–water partition coefficient (Wildman–Crippen LogP) is 2.81. The Bertz CT molecular complexity index is 316. The molecule has 18 heavy (non-hydrogen) atoms. The molecule has 0 heterocycles. The van der Waals surface area contributed by atoms with Gasteiger partial charge in [-0.05, 0) is 36.9 Å². The molecule has 1 atom stereocenters. The normalized spacial score (nSPS) is 12.2. The van der Waals surface area contributed by atoms with E-state index in [0.29, 0.717) is 12.6 Å². The average Bonchev–Trinajstić information content (AvgIpc) is 2.43. The van der Waals surface area contributed by atoms with Crippen molar-refractivity contribution in [1.29, 1.82) is 0 Å². The van der Waals surface area contributed by atoms with Gasteiger partial charge >= 0.3 is 0 Å². The molecule has 1 N–H and O–H groups in total. The lowest BCUT2D eigenvalue weighted by Crippen LogP contribution is -2.33. The largest absolute Gasteiger partial charge is 0.497 e. The molecule has 0 aliphatic heterocycles. The van der Waals surface area contributed by atoms with Gasteiger partial charge < -0.3 is 14.8 Å². The number of nitrogens with one attached hydrogen (secondary N) is 1. The van der Waals surface area contributed by atoms with Crippen LogP contribution in [-0.2, 0) is 0 Å². The molecule has 0 radical (unpaired) electrons. The Morgan fingerprint density at radius 1 is 1.22 bits per heavy atom. The van der Waals surface area contributed by atoms with Gasteiger partial charge in [0.2, 0.25) is 0 Å². The van der Waals surface area contributed by atoms with Gasteiger partial charge in [0, 0.05) is 18.3 Å². The average molecular weight is 269 g/mol. The van der Waals surface area contributed by atoms with Crippen molar-refractivity contribution in [2.45, 2.75) is 19.4 Å². The third-order valence-corrected chi connectivity index (χ3v) is 3.46. The molecular weight excluding hydrogens is 246 g/mol. The maximum absolute atomic E-state index is 5.65. The second-order valence-electron chi connectivity index (χ2n) is 4.04. The van der Waals surface area contributed by atoms with E-state index in [4.69, 9.17) is 9.47 Å². The summed E-state index contributed by atoms with van der Waals surface area (Å²) in [5.41, 5.74) is 0. The number of ether oxygens (including phenoxy) is 2. The fourth-order valence-corrected chi connectivity index (χ4v) is 2.38. The highest BCUT2D eigenvalue weighted by atomic mass is 32.2. The maximum atomic E-state index is 5.65. The first-order chi connectivity index (χ1) is 8.80. The molecule has 1 aromatic rings. The summed E-state index contributed by atoms with van der Waals surface area (Å²) in [5.74, 6) is 2.89. The van der Waals surface area contributed by atoms with Gasteiger partial charge in [0.1, 0.15) is 18.1 Å². The Morgan fingerprint density at radius 2 is 1.89 bits per heavy atom. The van der Waals surface area contributed by atoms with Crippen molar-refractivity contribution >= 4 is 11.8 Å². The van der Waals surface area contributed by atoms with Crippen LogP contribution in [0.1, 0.15) is 13.3 Å². The summed E-state index contributed by atoms with van der Waals surface area (Å²) in [4.78, 5) is 0. The highest BCUT2D eigenvalue weighted by Crippen LogP contribution is 2.16. The van der Waals surface area contributed by atoms with Crippen molar-refractivity contribution in [2.24, 2.45) is 0 Å². The summed E-state index contributed by atoms with van der Waals surface area (Å²) in [6, 6.07) is 8.26. The van der Waals surface area contributed by atoms with E-state index in [-0.39, 0.29) is 0 Å². The third kappa shape index (κ3) is 5.65. The topological polar surface area (TPSA) is 30.5 Å². The van der Waals surface area contributed by atoms with E-state index in [1.54, 1.807) is 7.11 Å². The highest BCUT2D eigenvalue weighted by Gasteiger charge is 2.03. The Kier molecular flexibility index (Phi) is 7.69. The highest BCUT2D eigenvalue weighted by molar-refractivity contribution is 7.98. The van der Waals surface area contributed by atoms with E-state index in [2.05, 4.69) is 18.5 Å². The first-order valence-electron chi connectivity index (χ1n) is 6.29. The maximum Gasteiger partial charge on any atom is 0.119 e. The van der Waals surface area contributed by atoms with Gasteiger partial charge in [0.05, 0.1) is 7.11 Å². The molecule has 102 valence electrons. The zero-order valence-corrected chi connectivity index (χ0v) is 12.3. The van der Waals surface area contributed by atoms with Gasteiger partial charge in [0.15, 0.2) is 0 Å². The summed E-state index contributed by atoms with van der Waals surface area (Å²) in [5, 5.41) is 3.49. The van der Waals surface area contributed by atoms with Crippen molar-refractivity contribution in [3.8, 4) is 11.5 Å². The summed E-state index contributed by atoms with van der Waals surface area (Å²) >= 11 is 1.88. The van der Waals surface area contributed by atoms with Crippen LogP contribution in [0.15, 0.2) is 24.3 Å². The molecule has 0 aromatic heterocycles. The standard InChI is InChI=1S/C14H23NO2S/c1-4-12(11-18-3)15-9-10-17-14-7-5-13(16-2)6-8-14/h5-8,12,15H,4,9-11H2,1-3H3. The van der Waals surface area contributed by atoms with Gasteiger partial charge in [-0.3, -0.25) is 0 Å². The molecule has 0 amide bonds. The lowest BCUT2D eigenvalue weighted by Gasteiger charge is -2.15. The number of methoxy groups -OCH3 is 1. The van der Waals surface area contributed by atoms with Crippen LogP contribution in [0.5, 0.6) is 11.5 Å². The molecule has 0 saturated carbocycles. The molecule has 0 fully saturated rings. The van der Waals surface area contributed by atoms with Crippen LogP contribution in [0.4, 0.5) is 0 Å². The van der Waals surface area contributed by atoms with E-state index in [1.807, 2.05) is 36.0 Å². The molecule has 1 unspecified atom stereocenters. The number of rotatable bonds is 9. The van der Waals surface area contributed by atoms with Gasteiger partial charge in [-0.1, -0.05) is 6.92 Å². The Hall–Kier alpha value is -0.870. The van der Waals surface area contributed by atoms with E-state index in [1.165, 1.54) is 0 Å². The van der Waals surface area contributed by atoms with Crippen LogP contribution < -0.4 is 14.8 Å².